The largest absolute Gasteiger partial charge is 0.489 e. The third-order valence-corrected chi connectivity index (χ3v) is 4.06. The molecule has 1 aromatic rings. The van der Waals surface area contributed by atoms with Crippen LogP contribution in [0, 0.1) is 20.8 Å². The van der Waals surface area contributed by atoms with Crippen LogP contribution in [-0.4, -0.2) is 36.7 Å². The Morgan fingerprint density at radius 3 is 1.89 bits per heavy atom. The van der Waals surface area contributed by atoms with E-state index in [1.165, 1.54) is 13.8 Å². The van der Waals surface area contributed by atoms with Gasteiger partial charge in [-0.3, -0.25) is 0 Å². The Labute approximate surface area is 109 Å². The highest BCUT2D eigenvalue weighted by atomic mass is 32.3. The molecule has 9 heteroatoms. The molecule has 104 valence electrons. The Bertz CT molecular complexity index is 653. The zero-order valence-corrected chi connectivity index (χ0v) is 11.2. The normalized spacial score (nSPS) is 11.5. The zero-order chi connectivity index (χ0) is 15.1. The number of hydrogen-bond donors (Lipinski definition) is 3. The second-order valence-electron chi connectivity index (χ2n) is 4.11. The van der Waals surface area contributed by atoms with Crippen molar-refractivity contribution in [3.63, 3.8) is 0 Å². The third kappa shape index (κ3) is 2.62. The van der Waals surface area contributed by atoms with Crippen LogP contribution in [0.5, 0.6) is 0 Å². The van der Waals surface area contributed by atoms with Crippen molar-refractivity contribution in [2.45, 2.75) is 25.7 Å². The van der Waals surface area contributed by atoms with E-state index in [2.05, 4.69) is 0 Å². The molecule has 0 atom stereocenters. The van der Waals surface area contributed by atoms with E-state index in [0.717, 1.165) is 6.92 Å². The fourth-order valence-electron chi connectivity index (χ4n) is 2.29. The van der Waals surface area contributed by atoms with Crippen LogP contribution in [-0.2, 0) is 10.2 Å². The van der Waals surface area contributed by atoms with Crippen molar-refractivity contribution in [3.8, 4) is 0 Å². The van der Waals surface area contributed by atoms with Crippen molar-refractivity contribution in [1.82, 2.24) is 0 Å². The molecule has 0 fully saturated rings. The van der Waals surface area contributed by atoms with Crippen LogP contribution in [0.4, 0.5) is 3.89 Å². The topological polar surface area (TPSA) is 112 Å². The van der Waals surface area contributed by atoms with Gasteiger partial charge in [-0.05, 0) is 42.9 Å². The zero-order valence-electron chi connectivity index (χ0n) is 10.4. The van der Waals surface area contributed by atoms with Crippen molar-refractivity contribution < 1.29 is 32.3 Å². The van der Waals surface area contributed by atoms with E-state index < -0.39 is 33.8 Å². The summed E-state index contributed by atoms with van der Waals surface area (Å²) in [6.45, 7) is 3.64. The molecule has 0 aliphatic rings. The summed E-state index contributed by atoms with van der Waals surface area (Å²) >= 11 is 0. The maximum atomic E-state index is 13.3. The van der Waals surface area contributed by atoms with Gasteiger partial charge in [-0.15, -0.1) is 3.89 Å². The summed E-state index contributed by atoms with van der Waals surface area (Å²) in [6, 6.07) is 0. The lowest BCUT2D eigenvalue weighted by Gasteiger charge is -2.17. The Kier molecular flexibility index (Phi) is 4.04. The molecule has 0 aliphatic heterocycles. The number of aromatic carboxylic acids is 1. The predicted octanol–water partition coefficient (Wildman–Crippen LogP) is -0.352. The molecule has 0 saturated heterocycles. The average molecular weight is 290 g/mol. The first kappa shape index (κ1) is 15.6. The molecule has 0 radical (unpaired) electrons. The van der Waals surface area contributed by atoms with Gasteiger partial charge >= 0.3 is 23.3 Å². The molecule has 0 spiro atoms. The first-order valence-corrected chi connectivity index (χ1v) is 6.56. The van der Waals surface area contributed by atoms with E-state index in [1.54, 1.807) is 0 Å². The van der Waals surface area contributed by atoms with Gasteiger partial charge in [0.1, 0.15) is 4.90 Å². The van der Waals surface area contributed by atoms with Gasteiger partial charge < -0.3 is 15.2 Å². The summed E-state index contributed by atoms with van der Waals surface area (Å²) in [5, 5.41) is 27.5. The van der Waals surface area contributed by atoms with Crippen molar-refractivity contribution in [1.29, 1.82) is 0 Å². The van der Waals surface area contributed by atoms with E-state index in [9.17, 15) is 27.1 Å². The van der Waals surface area contributed by atoms with E-state index in [1.807, 2.05) is 0 Å². The van der Waals surface area contributed by atoms with Gasteiger partial charge in [0.2, 0.25) is 0 Å². The van der Waals surface area contributed by atoms with Gasteiger partial charge in [-0.2, -0.15) is 8.42 Å². The van der Waals surface area contributed by atoms with Gasteiger partial charge in [0.15, 0.2) is 0 Å². The van der Waals surface area contributed by atoms with Crippen molar-refractivity contribution in [2.24, 2.45) is 0 Å². The maximum Gasteiger partial charge on any atom is 0.489 e. The highest BCUT2D eigenvalue weighted by Gasteiger charge is 2.31. The quantitative estimate of drug-likeness (QED) is 0.518. The number of rotatable bonds is 3. The number of carboxylic acids is 1. The molecule has 6 nitrogen and oxygen atoms in total. The van der Waals surface area contributed by atoms with Crippen LogP contribution in [0.25, 0.3) is 0 Å². The fraction of sp³-hybridized carbons (Fsp3) is 0.300. The van der Waals surface area contributed by atoms with Gasteiger partial charge in [0.25, 0.3) is 0 Å². The second-order valence-corrected chi connectivity index (χ2v) is 5.39. The smallest absolute Gasteiger partial charge is 0.478 e. The van der Waals surface area contributed by atoms with Crippen molar-refractivity contribution in [2.75, 3.05) is 0 Å². The molecule has 0 aliphatic carbocycles. The SMILES string of the molecule is Cc1c(B(O)O)c(C)c(S(=O)(=O)F)c(C)c1C(=O)O. The molecule has 0 aromatic heterocycles. The standard InChI is InChI=1S/C10H12BFO6S/c1-4-7(10(13)14)5(2)9(19(12,17)18)6(3)8(4)11(15)16/h15-16H,1-3H3,(H,13,14). The van der Waals surface area contributed by atoms with E-state index in [0.29, 0.717) is 0 Å². The number of benzene rings is 1. The van der Waals surface area contributed by atoms with Gasteiger partial charge in [-0.25, -0.2) is 4.79 Å². The molecular weight excluding hydrogens is 278 g/mol. The minimum absolute atomic E-state index is 0.00935. The average Bonchev–Trinajstić information content (AvgIpc) is 2.12. The summed E-state index contributed by atoms with van der Waals surface area (Å²) in [6.07, 6.45) is 0. The highest BCUT2D eigenvalue weighted by molar-refractivity contribution is 7.86. The van der Waals surface area contributed by atoms with Crippen LogP contribution in [0.1, 0.15) is 27.0 Å². The summed E-state index contributed by atoms with van der Waals surface area (Å²) in [5.74, 6) is -1.47. The van der Waals surface area contributed by atoms with Crippen molar-refractivity contribution >= 4 is 28.8 Å². The predicted molar refractivity (Wildman–Crippen MR) is 65.7 cm³/mol. The van der Waals surface area contributed by atoms with Crippen molar-refractivity contribution in [3.05, 3.63) is 22.3 Å². The monoisotopic (exact) mass is 290 g/mol. The van der Waals surface area contributed by atoms with Gasteiger partial charge in [0.05, 0.1) is 5.56 Å². The second kappa shape index (κ2) is 4.91. The number of halogens is 1. The summed E-state index contributed by atoms with van der Waals surface area (Å²) in [4.78, 5) is 10.3. The highest BCUT2D eigenvalue weighted by Crippen LogP contribution is 2.26. The van der Waals surface area contributed by atoms with Crippen LogP contribution < -0.4 is 5.46 Å². The number of carboxylic acid groups (broad SMARTS) is 1. The molecule has 1 aromatic carbocycles. The van der Waals surface area contributed by atoms with Crippen LogP contribution in [0.15, 0.2) is 4.90 Å². The first-order valence-electron chi connectivity index (χ1n) is 5.17. The molecule has 19 heavy (non-hydrogen) atoms. The van der Waals surface area contributed by atoms with Gasteiger partial charge in [0, 0.05) is 0 Å². The third-order valence-electron chi connectivity index (χ3n) is 2.96. The molecule has 3 N–H and O–H groups in total. The molecular formula is C10H12BFO6S. The van der Waals surface area contributed by atoms with Crippen LogP contribution in [0.2, 0.25) is 0 Å². The molecule has 0 heterocycles. The Balaban J connectivity index is 4.03. The maximum absolute atomic E-state index is 13.3. The summed E-state index contributed by atoms with van der Waals surface area (Å²) < 4.78 is 35.5. The molecule has 0 amide bonds. The lowest BCUT2D eigenvalue weighted by Crippen LogP contribution is -2.37. The summed E-state index contributed by atoms with van der Waals surface area (Å²) in [7, 11) is -7.28. The van der Waals surface area contributed by atoms with Crippen LogP contribution >= 0.6 is 0 Å². The Morgan fingerprint density at radius 2 is 1.58 bits per heavy atom. The number of hydrogen-bond acceptors (Lipinski definition) is 5. The molecule has 0 saturated carbocycles. The molecule has 0 bridgehead atoms. The van der Waals surface area contributed by atoms with Crippen LogP contribution in [0.3, 0.4) is 0 Å². The molecule has 0 unspecified atom stereocenters. The lowest BCUT2D eigenvalue weighted by molar-refractivity contribution is 0.0695. The lowest BCUT2D eigenvalue weighted by atomic mass is 9.72. The van der Waals surface area contributed by atoms with Gasteiger partial charge in [-0.1, -0.05) is 0 Å². The molecule has 1 rings (SSSR count). The fourth-order valence-corrected chi connectivity index (χ4v) is 3.23. The summed E-state index contributed by atoms with van der Waals surface area (Å²) in [5.41, 5.74) is -1.26. The van der Waals surface area contributed by atoms with E-state index >= 15 is 0 Å². The van der Waals surface area contributed by atoms with E-state index in [4.69, 9.17) is 5.11 Å². The minimum atomic E-state index is -5.18. The first-order chi connectivity index (χ1) is 8.50. The Morgan fingerprint density at radius 1 is 1.11 bits per heavy atom. The number of carbonyl (C=O) groups is 1. The Hall–Kier alpha value is -1.45. The van der Waals surface area contributed by atoms with E-state index in [-0.39, 0.29) is 22.2 Å². The minimum Gasteiger partial charge on any atom is -0.478 e.